The highest BCUT2D eigenvalue weighted by molar-refractivity contribution is 5.96. The Kier molecular flexibility index (Phi) is 6.10. The van der Waals surface area contributed by atoms with Gasteiger partial charge in [-0.15, -0.1) is 5.10 Å². The first-order valence-electron chi connectivity index (χ1n) is 9.89. The number of hydrogen-bond donors (Lipinski definition) is 2. The fourth-order valence-electron chi connectivity index (χ4n) is 3.73. The summed E-state index contributed by atoms with van der Waals surface area (Å²) in [7, 11) is 0. The molecule has 1 fully saturated rings. The van der Waals surface area contributed by atoms with Crippen LogP contribution in [0.2, 0.25) is 0 Å². The third-order valence-electron chi connectivity index (χ3n) is 5.32. The molecule has 1 aliphatic rings. The molecule has 1 heterocycles. The Morgan fingerprint density at radius 2 is 1.79 bits per heavy atom. The maximum atomic E-state index is 13.3. The summed E-state index contributed by atoms with van der Waals surface area (Å²) in [5, 5.41) is 23.1. The van der Waals surface area contributed by atoms with Crippen molar-refractivity contribution >= 4 is 17.9 Å². The van der Waals surface area contributed by atoms with E-state index in [9.17, 15) is 14.7 Å². The highest BCUT2D eigenvalue weighted by atomic mass is 16.7. The van der Waals surface area contributed by atoms with Crippen LogP contribution in [0.15, 0.2) is 30.5 Å². The van der Waals surface area contributed by atoms with E-state index in [-0.39, 0.29) is 35.2 Å². The van der Waals surface area contributed by atoms with Gasteiger partial charge < -0.3 is 14.9 Å². The number of carbonyl (C=O) groups excluding carboxylic acids is 1. The summed E-state index contributed by atoms with van der Waals surface area (Å²) in [6.07, 6.45) is 3.60. The zero-order valence-electron chi connectivity index (χ0n) is 16.9. The average molecular weight is 401 g/mol. The Hall–Kier alpha value is -3.03. The fraction of sp³-hybridized carbons (Fsp3) is 0.476. The van der Waals surface area contributed by atoms with E-state index in [0.717, 1.165) is 25.7 Å². The number of amides is 1. The van der Waals surface area contributed by atoms with Crippen LogP contribution in [0.1, 0.15) is 46.5 Å². The molecule has 1 saturated carbocycles. The van der Waals surface area contributed by atoms with Crippen molar-refractivity contribution in [2.45, 2.75) is 52.5 Å². The zero-order valence-corrected chi connectivity index (χ0v) is 16.9. The van der Waals surface area contributed by atoms with Crippen LogP contribution in [0.3, 0.4) is 0 Å². The molecule has 0 radical (unpaired) electrons. The summed E-state index contributed by atoms with van der Waals surface area (Å²) in [4.78, 5) is 26.1. The maximum Gasteiger partial charge on any atom is 0.511 e. The number of phenolic OH excluding ortho intramolecular Hbond substituents is 1. The topological polar surface area (TPSA) is 105 Å². The lowest BCUT2D eigenvalue weighted by atomic mass is 9.82. The third-order valence-corrected chi connectivity index (χ3v) is 5.32. The monoisotopic (exact) mass is 401 g/mol. The molecule has 156 valence electrons. The molecule has 2 N–H and O–H groups in total. The van der Waals surface area contributed by atoms with E-state index in [1.165, 1.54) is 27.9 Å². The van der Waals surface area contributed by atoms with Crippen LogP contribution in [-0.2, 0) is 4.79 Å². The Labute approximate surface area is 169 Å². The van der Waals surface area contributed by atoms with Gasteiger partial charge in [-0.2, -0.15) is 0 Å². The highest BCUT2D eigenvalue weighted by Crippen LogP contribution is 2.35. The fourth-order valence-corrected chi connectivity index (χ4v) is 3.73. The van der Waals surface area contributed by atoms with Gasteiger partial charge in [0.2, 0.25) is 11.7 Å². The molecule has 29 heavy (non-hydrogen) atoms. The maximum absolute atomic E-state index is 13.3. The number of carbonyl (C=O) groups is 2. The van der Waals surface area contributed by atoms with Crippen molar-refractivity contribution in [3.8, 4) is 17.2 Å². The first-order valence-corrected chi connectivity index (χ1v) is 9.89. The van der Waals surface area contributed by atoms with E-state index in [0.29, 0.717) is 11.6 Å². The number of nitrogens with zero attached hydrogens (tertiary/aromatic N) is 3. The molecule has 0 spiro atoms. The molecular formula is C21H27N3O5. The van der Waals surface area contributed by atoms with Crippen LogP contribution in [0.5, 0.6) is 11.5 Å². The van der Waals surface area contributed by atoms with Gasteiger partial charge in [0, 0.05) is 12.0 Å². The van der Waals surface area contributed by atoms with Gasteiger partial charge in [0.05, 0.1) is 11.9 Å². The van der Waals surface area contributed by atoms with Gasteiger partial charge >= 0.3 is 6.16 Å². The second-order valence-corrected chi connectivity index (χ2v) is 7.90. The SMILES string of the molecule is CC1CCC(C(=O)N(c2nn(-c3ccc(O)cc3)cc2OC(=O)O)C(C)C)CC1. The van der Waals surface area contributed by atoms with Crippen molar-refractivity contribution in [2.75, 3.05) is 4.90 Å². The van der Waals surface area contributed by atoms with Crippen molar-refractivity contribution in [3.05, 3.63) is 30.5 Å². The van der Waals surface area contributed by atoms with E-state index in [1.54, 1.807) is 12.1 Å². The van der Waals surface area contributed by atoms with Crippen LogP contribution < -0.4 is 9.64 Å². The molecule has 0 atom stereocenters. The molecule has 2 aromatic rings. The highest BCUT2D eigenvalue weighted by Gasteiger charge is 2.34. The van der Waals surface area contributed by atoms with Crippen LogP contribution in [-0.4, -0.2) is 38.1 Å². The van der Waals surface area contributed by atoms with E-state index in [4.69, 9.17) is 9.84 Å². The van der Waals surface area contributed by atoms with Gasteiger partial charge in [0.25, 0.3) is 0 Å². The Morgan fingerprint density at radius 1 is 1.17 bits per heavy atom. The van der Waals surface area contributed by atoms with Gasteiger partial charge in [0.15, 0.2) is 5.75 Å². The first-order chi connectivity index (χ1) is 13.8. The van der Waals surface area contributed by atoms with Crippen molar-refractivity contribution < 1.29 is 24.5 Å². The molecule has 0 saturated heterocycles. The van der Waals surface area contributed by atoms with E-state index in [1.807, 2.05) is 13.8 Å². The summed E-state index contributed by atoms with van der Waals surface area (Å²) < 4.78 is 6.39. The molecule has 0 unspecified atom stereocenters. The first kappa shape index (κ1) is 20.7. The van der Waals surface area contributed by atoms with Crippen molar-refractivity contribution in [1.29, 1.82) is 0 Å². The summed E-state index contributed by atoms with van der Waals surface area (Å²) in [5.41, 5.74) is 0.604. The third kappa shape index (κ3) is 4.70. The quantitative estimate of drug-likeness (QED) is 0.728. The van der Waals surface area contributed by atoms with E-state index in [2.05, 4.69) is 12.0 Å². The van der Waals surface area contributed by atoms with E-state index < -0.39 is 6.16 Å². The zero-order chi connectivity index (χ0) is 21.1. The molecule has 8 nitrogen and oxygen atoms in total. The minimum absolute atomic E-state index is 0.00296. The predicted molar refractivity (Wildman–Crippen MR) is 108 cm³/mol. The summed E-state index contributed by atoms with van der Waals surface area (Å²) in [5.74, 6) is 0.735. The number of aromatic nitrogens is 2. The lowest BCUT2D eigenvalue weighted by Crippen LogP contribution is -2.42. The molecule has 1 aromatic carbocycles. The molecule has 1 aromatic heterocycles. The number of aromatic hydroxyl groups is 1. The number of benzene rings is 1. The predicted octanol–water partition coefficient (Wildman–Crippen LogP) is 4.20. The van der Waals surface area contributed by atoms with E-state index >= 15 is 0 Å². The van der Waals surface area contributed by atoms with Gasteiger partial charge in [0.1, 0.15) is 5.75 Å². The number of anilines is 1. The number of carboxylic acid groups (broad SMARTS) is 1. The van der Waals surface area contributed by atoms with Crippen molar-refractivity contribution in [3.63, 3.8) is 0 Å². The second kappa shape index (κ2) is 8.55. The molecular weight excluding hydrogens is 374 g/mol. The lowest BCUT2D eigenvalue weighted by Gasteiger charge is -2.32. The lowest BCUT2D eigenvalue weighted by molar-refractivity contribution is -0.124. The van der Waals surface area contributed by atoms with Gasteiger partial charge in [-0.3, -0.25) is 9.69 Å². The second-order valence-electron chi connectivity index (χ2n) is 7.90. The van der Waals surface area contributed by atoms with Gasteiger partial charge in [-0.25, -0.2) is 9.48 Å². The van der Waals surface area contributed by atoms with Gasteiger partial charge in [-0.05, 0) is 69.7 Å². The molecule has 8 heteroatoms. The molecule has 0 bridgehead atoms. The largest absolute Gasteiger partial charge is 0.511 e. The van der Waals surface area contributed by atoms with Crippen molar-refractivity contribution in [1.82, 2.24) is 9.78 Å². The van der Waals surface area contributed by atoms with Gasteiger partial charge in [-0.1, -0.05) is 6.92 Å². The number of hydrogen-bond acceptors (Lipinski definition) is 5. The Morgan fingerprint density at radius 3 is 2.34 bits per heavy atom. The molecule has 3 rings (SSSR count). The summed E-state index contributed by atoms with van der Waals surface area (Å²) >= 11 is 0. The minimum Gasteiger partial charge on any atom is -0.508 e. The molecule has 0 aliphatic heterocycles. The summed E-state index contributed by atoms with van der Waals surface area (Å²) in [6, 6.07) is 6.06. The normalized spacial score (nSPS) is 19.2. The average Bonchev–Trinajstić information content (AvgIpc) is 3.05. The molecule has 1 amide bonds. The van der Waals surface area contributed by atoms with Crippen LogP contribution in [0.25, 0.3) is 5.69 Å². The van der Waals surface area contributed by atoms with Crippen LogP contribution in [0, 0.1) is 11.8 Å². The van der Waals surface area contributed by atoms with Crippen LogP contribution >= 0.6 is 0 Å². The smallest absolute Gasteiger partial charge is 0.508 e. The minimum atomic E-state index is -1.47. The Balaban J connectivity index is 1.98. The number of rotatable bonds is 5. The molecule has 1 aliphatic carbocycles. The number of ether oxygens (including phenoxy) is 1. The number of phenols is 1. The van der Waals surface area contributed by atoms with Crippen LogP contribution in [0.4, 0.5) is 10.6 Å². The Bertz CT molecular complexity index is 867. The standard InChI is InChI=1S/C21H27N3O5/c1-13(2)24(20(26)15-6-4-14(3)5-7-15)19-18(29-21(27)28)12-23(22-19)16-8-10-17(25)11-9-16/h8-15,25H,4-7H2,1-3H3,(H,27,28). The summed E-state index contributed by atoms with van der Waals surface area (Å²) in [6.45, 7) is 5.93. The van der Waals surface area contributed by atoms with Crippen molar-refractivity contribution in [2.24, 2.45) is 11.8 Å².